The van der Waals surface area contributed by atoms with Crippen LogP contribution in [0.4, 0.5) is 0 Å². The third-order valence-corrected chi connectivity index (χ3v) is 4.34. The zero-order chi connectivity index (χ0) is 14.5. The Bertz CT molecular complexity index is 528. The summed E-state index contributed by atoms with van der Waals surface area (Å²) in [7, 11) is 0. The molecule has 0 bridgehead atoms. The first-order valence-corrected chi connectivity index (χ1v) is 7.98. The Morgan fingerprint density at radius 2 is 2.10 bits per heavy atom. The van der Waals surface area contributed by atoms with E-state index in [9.17, 15) is 0 Å². The number of rotatable bonds is 6. The topological polar surface area (TPSA) is 47.3 Å². The van der Waals surface area contributed by atoms with Crippen molar-refractivity contribution in [3.8, 4) is 0 Å². The average Bonchev–Trinajstić information content (AvgIpc) is 2.95. The molecule has 21 heavy (non-hydrogen) atoms. The van der Waals surface area contributed by atoms with E-state index in [0.717, 1.165) is 55.5 Å². The molecule has 1 aliphatic rings. The van der Waals surface area contributed by atoms with Crippen LogP contribution in [-0.4, -0.2) is 30.8 Å². The Kier molecular flexibility index (Phi) is 4.88. The van der Waals surface area contributed by atoms with Gasteiger partial charge in [-0.05, 0) is 50.8 Å². The molecular formula is C17H24N2O2. The minimum atomic E-state index is 0.567. The monoisotopic (exact) mass is 288 g/mol. The number of benzene rings is 1. The summed E-state index contributed by atoms with van der Waals surface area (Å²) in [6.45, 7) is 5.13. The number of hydrogen-bond donors (Lipinski definition) is 1. The first kappa shape index (κ1) is 14.5. The van der Waals surface area contributed by atoms with E-state index in [0.29, 0.717) is 6.04 Å². The minimum absolute atomic E-state index is 0.567. The molecule has 4 heteroatoms. The first-order chi connectivity index (χ1) is 10.3. The molecule has 1 fully saturated rings. The van der Waals surface area contributed by atoms with Gasteiger partial charge in [-0.1, -0.05) is 12.1 Å². The molecule has 1 aliphatic heterocycles. The van der Waals surface area contributed by atoms with Gasteiger partial charge < -0.3 is 14.5 Å². The number of oxazole rings is 1. The van der Waals surface area contributed by atoms with Crippen molar-refractivity contribution in [3.63, 3.8) is 0 Å². The second-order valence-electron chi connectivity index (χ2n) is 5.87. The van der Waals surface area contributed by atoms with E-state index in [4.69, 9.17) is 9.15 Å². The van der Waals surface area contributed by atoms with Crippen LogP contribution in [0.3, 0.4) is 0 Å². The molecule has 3 rings (SSSR count). The lowest BCUT2D eigenvalue weighted by Gasteiger charge is -2.28. The molecule has 1 unspecified atom stereocenters. The summed E-state index contributed by atoms with van der Waals surface area (Å²) < 4.78 is 11.1. The van der Waals surface area contributed by atoms with Crippen molar-refractivity contribution in [1.29, 1.82) is 0 Å². The number of aromatic nitrogens is 1. The van der Waals surface area contributed by atoms with Gasteiger partial charge >= 0.3 is 0 Å². The van der Waals surface area contributed by atoms with Gasteiger partial charge in [0, 0.05) is 25.7 Å². The Balaban J connectivity index is 1.41. The van der Waals surface area contributed by atoms with Crippen LogP contribution in [0.5, 0.6) is 0 Å². The Morgan fingerprint density at radius 3 is 2.90 bits per heavy atom. The average molecular weight is 288 g/mol. The van der Waals surface area contributed by atoms with Crippen LogP contribution in [0.2, 0.25) is 0 Å². The predicted octanol–water partition coefficient (Wildman–Crippen LogP) is 3.17. The summed E-state index contributed by atoms with van der Waals surface area (Å²) in [6.07, 6.45) is 4.31. The van der Waals surface area contributed by atoms with E-state index in [1.807, 2.05) is 24.3 Å². The SMILES string of the molecule is CC(NCCCc1nc2ccccc2o1)C1CCOCC1. The molecule has 0 aliphatic carbocycles. The van der Waals surface area contributed by atoms with Crippen molar-refractivity contribution < 1.29 is 9.15 Å². The molecule has 1 aromatic carbocycles. The van der Waals surface area contributed by atoms with Crippen LogP contribution >= 0.6 is 0 Å². The number of nitrogens with one attached hydrogen (secondary N) is 1. The van der Waals surface area contributed by atoms with E-state index in [-0.39, 0.29) is 0 Å². The van der Waals surface area contributed by atoms with Crippen molar-refractivity contribution in [2.24, 2.45) is 5.92 Å². The fourth-order valence-electron chi connectivity index (χ4n) is 2.98. The van der Waals surface area contributed by atoms with Gasteiger partial charge in [0.05, 0.1) is 0 Å². The molecule has 2 heterocycles. The molecule has 0 saturated carbocycles. The normalized spacial score (nSPS) is 18.1. The maximum atomic E-state index is 5.74. The van der Waals surface area contributed by atoms with Crippen LogP contribution in [0.1, 0.15) is 32.1 Å². The molecule has 1 atom stereocenters. The maximum absolute atomic E-state index is 5.74. The smallest absolute Gasteiger partial charge is 0.195 e. The zero-order valence-corrected chi connectivity index (χ0v) is 12.7. The van der Waals surface area contributed by atoms with Gasteiger partial charge in [0.2, 0.25) is 0 Å². The van der Waals surface area contributed by atoms with Gasteiger partial charge in [-0.25, -0.2) is 4.98 Å². The fraction of sp³-hybridized carbons (Fsp3) is 0.588. The van der Waals surface area contributed by atoms with E-state index in [2.05, 4.69) is 17.2 Å². The highest BCUT2D eigenvalue weighted by molar-refractivity contribution is 5.72. The summed E-state index contributed by atoms with van der Waals surface area (Å²) in [5.41, 5.74) is 1.84. The van der Waals surface area contributed by atoms with Crippen molar-refractivity contribution >= 4 is 11.1 Å². The third kappa shape index (κ3) is 3.83. The van der Waals surface area contributed by atoms with Gasteiger partial charge in [-0.3, -0.25) is 0 Å². The van der Waals surface area contributed by atoms with Crippen molar-refractivity contribution in [1.82, 2.24) is 10.3 Å². The molecule has 1 N–H and O–H groups in total. The summed E-state index contributed by atoms with van der Waals surface area (Å²) in [4.78, 5) is 4.51. The standard InChI is InChI=1S/C17H24N2O2/c1-13(14-8-11-20-12-9-14)18-10-4-7-17-19-15-5-2-3-6-16(15)21-17/h2-3,5-6,13-14,18H,4,7-12H2,1H3. The maximum Gasteiger partial charge on any atom is 0.195 e. The molecule has 2 aromatic rings. The van der Waals surface area contributed by atoms with Gasteiger partial charge in [0.1, 0.15) is 5.52 Å². The van der Waals surface area contributed by atoms with E-state index < -0.39 is 0 Å². The molecule has 0 amide bonds. The van der Waals surface area contributed by atoms with Crippen molar-refractivity contribution in [3.05, 3.63) is 30.2 Å². The lowest BCUT2D eigenvalue weighted by molar-refractivity contribution is 0.0560. The lowest BCUT2D eigenvalue weighted by atomic mass is 9.93. The summed E-state index contributed by atoms with van der Waals surface area (Å²) in [5.74, 6) is 1.60. The van der Waals surface area contributed by atoms with Gasteiger partial charge in [0.25, 0.3) is 0 Å². The van der Waals surface area contributed by atoms with Gasteiger partial charge in [-0.15, -0.1) is 0 Å². The second kappa shape index (κ2) is 7.05. The number of aryl methyl sites for hydroxylation is 1. The molecule has 0 spiro atoms. The number of fused-ring (bicyclic) bond motifs is 1. The first-order valence-electron chi connectivity index (χ1n) is 7.98. The Morgan fingerprint density at radius 1 is 1.29 bits per heavy atom. The summed E-state index contributed by atoms with van der Waals surface area (Å²) in [5, 5.41) is 3.63. The molecule has 1 saturated heterocycles. The second-order valence-corrected chi connectivity index (χ2v) is 5.87. The van der Waals surface area contributed by atoms with Crippen LogP contribution in [0.25, 0.3) is 11.1 Å². The van der Waals surface area contributed by atoms with Crippen molar-refractivity contribution in [2.45, 2.75) is 38.6 Å². The van der Waals surface area contributed by atoms with Crippen molar-refractivity contribution in [2.75, 3.05) is 19.8 Å². The molecule has 114 valence electrons. The largest absolute Gasteiger partial charge is 0.441 e. The number of para-hydroxylation sites is 2. The Hall–Kier alpha value is -1.39. The van der Waals surface area contributed by atoms with Gasteiger partial charge in [-0.2, -0.15) is 0 Å². The zero-order valence-electron chi connectivity index (χ0n) is 12.7. The van der Waals surface area contributed by atoms with Crippen LogP contribution in [-0.2, 0) is 11.2 Å². The lowest BCUT2D eigenvalue weighted by Crippen LogP contribution is -2.37. The molecule has 0 radical (unpaired) electrons. The summed E-state index contributed by atoms with van der Waals surface area (Å²) >= 11 is 0. The number of nitrogens with zero attached hydrogens (tertiary/aromatic N) is 1. The highest BCUT2D eigenvalue weighted by Crippen LogP contribution is 2.19. The predicted molar refractivity (Wildman–Crippen MR) is 83.3 cm³/mol. The van der Waals surface area contributed by atoms with Crippen LogP contribution < -0.4 is 5.32 Å². The van der Waals surface area contributed by atoms with E-state index in [1.54, 1.807) is 0 Å². The molecule has 4 nitrogen and oxygen atoms in total. The Labute approximate surface area is 125 Å². The van der Waals surface area contributed by atoms with Crippen LogP contribution in [0, 0.1) is 5.92 Å². The third-order valence-electron chi connectivity index (χ3n) is 4.34. The fourth-order valence-corrected chi connectivity index (χ4v) is 2.98. The van der Waals surface area contributed by atoms with Gasteiger partial charge in [0.15, 0.2) is 11.5 Å². The minimum Gasteiger partial charge on any atom is -0.441 e. The number of ether oxygens (including phenoxy) is 1. The highest BCUT2D eigenvalue weighted by atomic mass is 16.5. The molecule has 1 aromatic heterocycles. The highest BCUT2D eigenvalue weighted by Gasteiger charge is 2.19. The summed E-state index contributed by atoms with van der Waals surface area (Å²) in [6, 6.07) is 8.50. The van der Waals surface area contributed by atoms with Crippen LogP contribution in [0.15, 0.2) is 28.7 Å². The van der Waals surface area contributed by atoms with E-state index >= 15 is 0 Å². The quantitative estimate of drug-likeness (QED) is 0.829. The molecular weight excluding hydrogens is 264 g/mol. The number of hydrogen-bond acceptors (Lipinski definition) is 4. The van der Waals surface area contributed by atoms with E-state index in [1.165, 1.54) is 12.8 Å².